The Labute approximate surface area is 121 Å². The first kappa shape index (κ1) is 12.6. The van der Waals surface area contributed by atoms with E-state index in [0.717, 1.165) is 34.6 Å². The normalized spacial score (nSPS) is 17.7. The fraction of sp³-hybridized carbons (Fsp3) is 0.333. The number of alkyl halides is 1. The first-order valence-electron chi connectivity index (χ1n) is 6.37. The van der Waals surface area contributed by atoms with Gasteiger partial charge in [-0.15, -0.1) is 0 Å². The van der Waals surface area contributed by atoms with Crippen molar-refractivity contribution in [2.75, 3.05) is 6.61 Å². The molecule has 0 bridgehead atoms. The topological polar surface area (TPSA) is 35.0 Å². The molecule has 1 aromatic carbocycles. The number of rotatable bonds is 2. The predicted molar refractivity (Wildman–Crippen MR) is 77.8 cm³/mol. The molecular weight excluding hydrogens is 304 g/mol. The van der Waals surface area contributed by atoms with Gasteiger partial charge in [0, 0.05) is 22.8 Å². The van der Waals surface area contributed by atoms with Crippen LogP contribution in [0.25, 0.3) is 0 Å². The van der Waals surface area contributed by atoms with E-state index in [2.05, 4.69) is 32.0 Å². The van der Waals surface area contributed by atoms with E-state index in [1.807, 2.05) is 31.3 Å². The summed E-state index contributed by atoms with van der Waals surface area (Å²) in [7, 11) is 0. The predicted octanol–water partition coefficient (Wildman–Crippen LogP) is 3.40. The molecule has 2 aromatic rings. The highest BCUT2D eigenvalue weighted by molar-refractivity contribution is 9.08. The van der Waals surface area contributed by atoms with Gasteiger partial charge in [-0.05, 0) is 25.0 Å². The zero-order valence-corrected chi connectivity index (χ0v) is 12.4. The summed E-state index contributed by atoms with van der Waals surface area (Å²) >= 11 is 3.45. The first-order chi connectivity index (χ1) is 9.28. The fourth-order valence-corrected chi connectivity index (χ4v) is 2.88. The molecule has 2 heterocycles. The van der Waals surface area contributed by atoms with Crippen molar-refractivity contribution in [3.8, 4) is 5.75 Å². The van der Waals surface area contributed by atoms with Crippen molar-refractivity contribution in [3.63, 3.8) is 0 Å². The summed E-state index contributed by atoms with van der Waals surface area (Å²) in [6.07, 6.45) is 2.86. The zero-order valence-electron chi connectivity index (χ0n) is 10.8. The summed E-state index contributed by atoms with van der Waals surface area (Å²) in [6.45, 7) is 2.68. The van der Waals surface area contributed by atoms with Crippen LogP contribution in [-0.2, 0) is 11.8 Å². The number of aryl methyl sites for hydroxylation is 1. The average molecular weight is 319 g/mol. The van der Waals surface area contributed by atoms with Crippen LogP contribution in [0.3, 0.4) is 0 Å². The van der Waals surface area contributed by atoms with E-state index >= 15 is 0 Å². The number of nitrogens with zero attached hydrogens (tertiary/aromatic N) is 2. The number of hydrogen-bond donors (Lipinski definition) is 0. The van der Waals surface area contributed by atoms with Gasteiger partial charge in [0.05, 0.1) is 12.5 Å². The zero-order chi connectivity index (χ0) is 13.2. The van der Waals surface area contributed by atoms with Crippen LogP contribution in [0.15, 0.2) is 30.5 Å². The summed E-state index contributed by atoms with van der Waals surface area (Å²) in [5, 5.41) is 0.795. The standard InChI is InChI=1S/C15H15BrN2O/c1-10-13(7-16)8-17-15(18-10)12-6-11-4-2-3-5-14(11)19-9-12/h2-5,8,12H,6-7,9H2,1H3. The van der Waals surface area contributed by atoms with E-state index in [-0.39, 0.29) is 5.92 Å². The Hall–Kier alpha value is -1.42. The monoisotopic (exact) mass is 318 g/mol. The van der Waals surface area contributed by atoms with Gasteiger partial charge >= 0.3 is 0 Å². The van der Waals surface area contributed by atoms with Gasteiger partial charge in [0.1, 0.15) is 11.6 Å². The second kappa shape index (κ2) is 5.29. The Morgan fingerprint density at radius 1 is 1.37 bits per heavy atom. The highest BCUT2D eigenvalue weighted by atomic mass is 79.9. The van der Waals surface area contributed by atoms with Crippen molar-refractivity contribution in [2.45, 2.75) is 24.6 Å². The number of hydrogen-bond acceptors (Lipinski definition) is 3. The first-order valence-corrected chi connectivity index (χ1v) is 7.49. The maximum Gasteiger partial charge on any atom is 0.135 e. The summed E-state index contributed by atoms with van der Waals surface area (Å²) in [6, 6.07) is 8.18. The molecule has 3 rings (SSSR count). The molecule has 1 atom stereocenters. The van der Waals surface area contributed by atoms with Crippen molar-refractivity contribution in [3.05, 3.63) is 53.1 Å². The minimum absolute atomic E-state index is 0.248. The Balaban J connectivity index is 1.87. The summed E-state index contributed by atoms with van der Waals surface area (Å²) in [5.74, 6) is 2.13. The van der Waals surface area contributed by atoms with Gasteiger partial charge in [0.25, 0.3) is 0 Å². The second-order valence-electron chi connectivity index (χ2n) is 4.79. The van der Waals surface area contributed by atoms with E-state index in [1.54, 1.807) is 0 Å². The van der Waals surface area contributed by atoms with Crippen LogP contribution in [0.4, 0.5) is 0 Å². The lowest BCUT2D eigenvalue weighted by atomic mass is 9.96. The van der Waals surface area contributed by atoms with Gasteiger partial charge in [-0.1, -0.05) is 34.1 Å². The number of aromatic nitrogens is 2. The maximum atomic E-state index is 5.80. The van der Waals surface area contributed by atoms with E-state index in [9.17, 15) is 0 Å². The molecule has 3 nitrogen and oxygen atoms in total. The quantitative estimate of drug-likeness (QED) is 0.796. The van der Waals surface area contributed by atoms with Crippen molar-refractivity contribution in [2.24, 2.45) is 0 Å². The Kier molecular flexibility index (Phi) is 3.51. The largest absolute Gasteiger partial charge is 0.493 e. The van der Waals surface area contributed by atoms with Crippen molar-refractivity contribution in [1.29, 1.82) is 0 Å². The number of benzene rings is 1. The van der Waals surface area contributed by atoms with Crippen LogP contribution < -0.4 is 4.74 Å². The Morgan fingerprint density at radius 3 is 3.00 bits per heavy atom. The number of halogens is 1. The van der Waals surface area contributed by atoms with Gasteiger partial charge in [-0.25, -0.2) is 9.97 Å². The molecule has 1 aliphatic heterocycles. The minimum Gasteiger partial charge on any atom is -0.493 e. The second-order valence-corrected chi connectivity index (χ2v) is 5.35. The molecule has 0 saturated carbocycles. The lowest BCUT2D eigenvalue weighted by molar-refractivity contribution is 0.257. The van der Waals surface area contributed by atoms with Crippen molar-refractivity contribution >= 4 is 15.9 Å². The molecule has 0 fully saturated rings. The van der Waals surface area contributed by atoms with Crippen LogP contribution in [-0.4, -0.2) is 16.6 Å². The summed E-state index contributed by atoms with van der Waals surface area (Å²) in [4.78, 5) is 9.11. The summed E-state index contributed by atoms with van der Waals surface area (Å²) < 4.78 is 5.80. The van der Waals surface area contributed by atoms with E-state index in [0.29, 0.717) is 6.61 Å². The van der Waals surface area contributed by atoms with E-state index in [4.69, 9.17) is 4.74 Å². The molecule has 1 aromatic heterocycles. The molecule has 4 heteroatoms. The molecule has 1 unspecified atom stereocenters. The van der Waals surface area contributed by atoms with Crippen LogP contribution in [0.1, 0.15) is 28.6 Å². The molecule has 0 aliphatic carbocycles. The SMILES string of the molecule is Cc1nc(C2COc3ccccc3C2)ncc1CBr. The molecule has 98 valence electrons. The molecule has 0 N–H and O–H groups in total. The summed E-state index contributed by atoms with van der Waals surface area (Å²) in [5.41, 5.74) is 3.42. The highest BCUT2D eigenvalue weighted by Crippen LogP contribution is 2.30. The lowest BCUT2D eigenvalue weighted by Crippen LogP contribution is -2.21. The smallest absolute Gasteiger partial charge is 0.135 e. The number of fused-ring (bicyclic) bond motifs is 1. The number of ether oxygens (including phenoxy) is 1. The third-order valence-corrected chi connectivity index (χ3v) is 4.09. The van der Waals surface area contributed by atoms with Crippen LogP contribution in [0, 0.1) is 6.92 Å². The molecule has 0 amide bonds. The Morgan fingerprint density at radius 2 is 2.21 bits per heavy atom. The lowest BCUT2D eigenvalue weighted by Gasteiger charge is -2.24. The minimum atomic E-state index is 0.248. The molecule has 1 aliphatic rings. The van der Waals surface area contributed by atoms with Gasteiger partial charge in [-0.3, -0.25) is 0 Å². The highest BCUT2D eigenvalue weighted by Gasteiger charge is 2.23. The Bertz CT molecular complexity index is 600. The van der Waals surface area contributed by atoms with Gasteiger partial charge in [0.15, 0.2) is 0 Å². The molecule has 0 radical (unpaired) electrons. The van der Waals surface area contributed by atoms with E-state index in [1.165, 1.54) is 5.56 Å². The fourth-order valence-electron chi connectivity index (χ4n) is 2.33. The molecular formula is C15H15BrN2O. The third kappa shape index (κ3) is 2.50. The number of para-hydroxylation sites is 1. The third-order valence-electron chi connectivity index (χ3n) is 3.49. The van der Waals surface area contributed by atoms with Gasteiger partial charge < -0.3 is 4.74 Å². The van der Waals surface area contributed by atoms with Crippen LogP contribution in [0.5, 0.6) is 5.75 Å². The molecule has 19 heavy (non-hydrogen) atoms. The molecule has 0 saturated heterocycles. The van der Waals surface area contributed by atoms with Gasteiger partial charge in [-0.2, -0.15) is 0 Å². The maximum absolute atomic E-state index is 5.80. The average Bonchev–Trinajstić information content (AvgIpc) is 2.46. The molecule has 0 spiro atoms. The van der Waals surface area contributed by atoms with Crippen LogP contribution in [0.2, 0.25) is 0 Å². The van der Waals surface area contributed by atoms with Crippen molar-refractivity contribution < 1.29 is 4.74 Å². The van der Waals surface area contributed by atoms with Crippen molar-refractivity contribution in [1.82, 2.24) is 9.97 Å². The van der Waals surface area contributed by atoms with Gasteiger partial charge in [0.2, 0.25) is 0 Å². The van der Waals surface area contributed by atoms with Crippen LogP contribution >= 0.6 is 15.9 Å². The van der Waals surface area contributed by atoms with E-state index < -0.39 is 0 Å².